The molecule has 0 unspecified atom stereocenters. The summed E-state index contributed by atoms with van der Waals surface area (Å²) in [4.78, 5) is 49.0. The van der Waals surface area contributed by atoms with Gasteiger partial charge in [0.15, 0.2) is 37.2 Å². The fourth-order valence-electron chi connectivity index (χ4n) is 6.07. The van der Waals surface area contributed by atoms with Crippen LogP contribution in [0.25, 0.3) is 0 Å². The van der Waals surface area contributed by atoms with Gasteiger partial charge < -0.3 is 52.1 Å². The third kappa shape index (κ3) is 9.42. The van der Waals surface area contributed by atoms with Crippen molar-refractivity contribution in [1.29, 1.82) is 0 Å². The van der Waals surface area contributed by atoms with E-state index in [9.17, 15) is 19.2 Å². The topological polar surface area (TPSA) is 170 Å². The lowest BCUT2D eigenvalue weighted by Crippen LogP contribution is -2.67. The molecular formula is C35H42O15. The Balaban J connectivity index is 1.54. The molecule has 3 saturated heterocycles. The van der Waals surface area contributed by atoms with Gasteiger partial charge in [0.1, 0.15) is 37.1 Å². The van der Waals surface area contributed by atoms with Crippen molar-refractivity contribution in [2.45, 2.75) is 102 Å². The zero-order chi connectivity index (χ0) is 35.8. The molecule has 3 heterocycles. The summed E-state index contributed by atoms with van der Waals surface area (Å²) >= 11 is 0. The smallest absolute Gasteiger partial charge is 0.303 e. The minimum absolute atomic E-state index is 0.0912. The fraction of sp³-hybridized carbons (Fsp3) is 0.543. The monoisotopic (exact) mass is 702 g/mol. The highest BCUT2D eigenvalue weighted by molar-refractivity contribution is 5.68. The van der Waals surface area contributed by atoms with Crippen molar-refractivity contribution in [3.05, 3.63) is 71.8 Å². The van der Waals surface area contributed by atoms with Crippen LogP contribution in [0.1, 0.15) is 45.1 Å². The van der Waals surface area contributed by atoms with Crippen LogP contribution in [0.5, 0.6) is 0 Å². The van der Waals surface area contributed by atoms with E-state index in [1.165, 1.54) is 14.0 Å². The van der Waals surface area contributed by atoms with E-state index in [-0.39, 0.29) is 13.2 Å². The highest BCUT2D eigenvalue weighted by atomic mass is 16.8. The van der Waals surface area contributed by atoms with E-state index in [2.05, 4.69) is 0 Å². The number of hydrogen-bond acceptors (Lipinski definition) is 15. The molecule has 0 bridgehead atoms. The highest BCUT2D eigenvalue weighted by Crippen LogP contribution is 2.39. The Morgan fingerprint density at radius 1 is 0.680 bits per heavy atom. The Labute approximate surface area is 289 Å². The van der Waals surface area contributed by atoms with E-state index in [0.717, 1.165) is 31.9 Å². The van der Waals surface area contributed by atoms with E-state index < -0.39 is 98.2 Å². The molecule has 5 rings (SSSR count). The van der Waals surface area contributed by atoms with Crippen molar-refractivity contribution >= 4 is 23.9 Å². The largest absolute Gasteiger partial charge is 0.463 e. The van der Waals surface area contributed by atoms with Gasteiger partial charge in [0.25, 0.3) is 0 Å². The van der Waals surface area contributed by atoms with Gasteiger partial charge in [-0.3, -0.25) is 19.2 Å². The van der Waals surface area contributed by atoms with E-state index >= 15 is 0 Å². The maximum atomic E-state index is 12.5. The van der Waals surface area contributed by atoms with Gasteiger partial charge in [-0.2, -0.15) is 0 Å². The number of carbonyl (C=O) groups excluding carboxylic acids is 4. The van der Waals surface area contributed by atoms with Crippen LogP contribution in [-0.4, -0.2) is 106 Å². The van der Waals surface area contributed by atoms with Crippen LogP contribution in [0.4, 0.5) is 0 Å². The van der Waals surface area contributed by atoms with Crippen molar-refractivity contribution in [1.82, 2.24) is 0 Å². The summed E-state index contributed by atoms with van der Waals surface area (Å²) in [7, 11) is 1.45. The summed E-state index contributed by atoms with van der Waals surface area (Å²) in [6.07, 6.45) is -12.4. The van der Waals surface area contributed by atoms with Crippen LogP contribution in [-0.2, 0) is 77.9 Å². The first-order valence-corrected chi connectivity index (χ1v) is 16.2. The Bertz CT molecular complexity index is 1430. The molecule has 50 heavy (non-hydrogen) atoms. The first-order valence-electron chi connectivity index (χ1n) is 16.2. The molecule has 0 amide bonds. The lowest BCUT2D eigenvalue weighted by Gasteiger charge is -2.51. The minimum Gasteiger partial charge on any atom is -0.463 e. The molecule has 0 aliphatic carbocycles. The van der Waals surface area contributed by atoms with Gasteiger partial charge in [0.05, 0.1) is 13.2 Å². The van der Waals surface area contributed by atoms with E-state index in [1.54, 1.807) is 0 Å². The Morgan fingerprint density at radius 2 is 1.30 bits per heavy atom. The molecule has 0 aromatic heterocycles. The Hall–Kier alpha value is -3.96. The molecular weight excluding hydrogens is 660 g/mol. The average molecular weight is 703 g/mol. The standard InChI is InChI=1S/C35H42O15/c1-19(36)41-17-25-27(44-20(2)37)30(45-21(3)38)32(46-22(4)39)35(48-25)50-29-28-26(18-43-33(49-28)24-14-10-7-11-15-24)47-34(40-5)31(29)42-16-23-12-8-6-9-13-23/h6-15,25-35H,16-18H2,1-5H3/t25-,26-,27-,28-,29+,30+,31-,32+,33-,34+,35-/m1/s1. The normalized spacial score (nSPS) is 32.2. The number of fused-ring (bicyclic) bond motifs is 1. The van der Waals surface area contributed by atoms with Crippen molar-refractivity contribution < 1.29 is 71.3 Å². The number of methoxy groups -OCH3 is 1. The molecule has 0 saturated carbocycles. The van der Waals surface area contributed by atoms with Crippen LogP contribution in [0.3, 0.4) is 0 Å². The molecule has 272 valence electrons. The molecule has 0 spiro atoms. The van der Waals surface area contributed by atoms with Crippen molar-refractivity contribution in [3.8, 4) is 0 Å². The summed E-state index contributed by atoms with van der Waals surface area (Å²) in [5, 5.41) is 0. The predicted octanol–water partition coefficient (Wildman–Crippen LogP) is 2.53. The van der Waals surface area contributed by atoms with Crippen LogP contribution < -0.4 is 0 Å². The number of hydrogen-bond donors (Lipinski definition) is 0. The lowest BCUT2D eigenvalue weighted by atomic mass is 9.95. The van der Waals surface area contributed by atoms with Crippen LogP contribution >= 0.6 is 0 Å². The number of ether oxygens (including phenoxy) is 11. The molecule has 0 N–H and O–H groups in total. The minimum atomic E-state index is -1.51. The van der Waals surface area contributed by atoms with Crippen LogP contribution in [0.15, 0.2) is 60.7 Å². The Morgan fingerprint density at radius 3 is 1.92 bits per heavy atom. The second kappa shape index (κ2) is 17.3. The molecule has 3 aliphatic rings. The summed E-state index contributed by atoms with van der Waals surface area (Å²) in [6, 6.07) is 18.7. The average Bonchev–Trinajstić information content (AvgIpc) is 3.09. The molecule has 15 heteroatoms. The molecule has 3 aliphatic heterocycles. The summed E-state index contributed by atoms with van der Waals surface area (Å²) in [5.74, 6) is -2.95. The third-order valence-electron chi connectivity index (χ3n) is 8.11. The van der Waals surface area contributed by atoms with Crippen LogP contribution in [0, 0.1) is 0 Å². The van der Waals surface area contributed by atoms with Crippen molar-refractivity contribution in [2.75, 3.05) is 20.3 Å². The van der Waals surface area contributed by atoms with Gasteiger partial charge in [0, 0.05) is 40.4 Å². The summed E-state index contributed by atoms with van der Waals surface area (Å²) < 4.78 is 65.9. The van der Waals surface area contributed by atoms with E-state index in [1.807, 2.05) is 60.7 Å². The van der Waals surface area contributed by atoms with Gasteiger partial charge in [-0.25, -0.2) is 0 Å². The fourth-order valence-corrected chi connectivity index (χ4v) is 6.07. The van der Waals surface area contributed by atoms with Crippen molar-refractivity contribution in [3.63, 3.8) is 0 Å². The van der Waals surface area contributed by atoms with Gasteiger partial charge in [-0.1, -0.05) is 60.7 Å². The predicted molar refractivity (Wildman–Crippen MR) is 168 cm³/mol. The van der Waals surface area contributed by atoms with Gasteiger partial charge >= 0.3 is 23.9 Å². The zero-order valence-electron chi connectivity index (χ0n) is 28.4. The SMILES string of the molecule is CO[C@H]1O[C@@H]2CO[C@@H](c3ccccc3)O[C@H]2[C@H](O[C@H]2O[C@H](COC(C)=O)[C@@H](OC(C)=O)[C@H](OC(C)=O)[C@@H]2OC(C)=O)[C@H]1OCc1ccccc1. The van der Waals surface area contributed by atoms with Crippen LogP contribution in [0.2, 0.25) is 0 Å². The van der Waals surface area contributed by atoms with E-state index in [0.29, 0.717) is 0 Å². The third-order valence-corrected chi connectivity index (χ3v) is 8.11. The first-order chi connectivity index (χ1) is 24.0. The Kier molecular flexibility index (Phi) is 12.9. The summed E-state index contributed by atoms with van der Waals surface area (Å²) in [6.45, 7) is 4.42. The van der Waals surface area contributed by atoms with Gasteiger partial charge in [-0.05, 0) is 5.56 Å². The number of carbonyl (C=O) groups is 4. The molecule has 2 aromatic rings. The maximum Gasteiger partial charge on any atom is 0.303 e. The molecule has 3 fully saturated rings. The number of benzene rings is 2. The molecule has 11 atom stereocenters. The quantitative estimate of drug-likeness (QED) is 0.233. The molecule has 2 aromatic carbocycles. The van der Waals surface area contributed by atoms with Gasteiger partial charge in [0.2, 0.25) is 0 Å². The lowest BCUT2D eigenvalue weighted by molar-refractivity contribution is -0.395. The zero-order valence-corrected chi connectivity index (χ0v) is 28.4. The van der Waals surface area contributed by atoms with E-state index in [4.69, 9.17) is 52.1 Å². The second-order valence-corrected chi connectivity index (χ2v) is 11.9. The van der Waals surface area contributed by atoms with Crippen molar-refractivity contribution in [2.24, 2.45) is 0 Å². The number of rotatable bonds is 12. The number of esters is 4. The molecule has 15 nitrogen and oxygen atoms in total. The molecule has 0 radical (unpaired) electrons. The second-order valence-electron chi connectivity index (χ2n) is 11.9. The maximum absolute atomic E-state index is 12.5. The summed E-state index contributed by atoms with van der Waals surface area (Å²) in [5.41, 5.74) is 1.60. The first kappa shape index (κ1) is 37.3. The van der Waals surface area contributed by atoms with Gasteiger partial charge in [-0.15, -0.1) is 0 Å². The highest BCUT2D eigenvalue weighted by Gasteiger charge is 2.57.